The van der Waals surface area contributed by atoms with Crippen LogP contribution in [0.4, 0.5) is 8.78 Å². The standard InChI is InChI=1S/C20H15F2N5O2S/c21-14-7-5-12(6-8-14)15-10-24-27-18(15)25-19(26-20(27)29)30-11-17(28)23-9-13-3-1-2-4-16(13)22/h1-8,10H,9,11H2,(H,23,28)(H,25,26,29). The van der Waals surface area contributed by atoms with Gasteiger partial charge in [-0.25, -0.2) is 18.6 Å². The van der Waals surface area contributed by atoms with Crippen molar-refractivity contribution in [1.29, 1.82) is 0 Å². The number of carbonyl (C=O) groups is 1. The minimum Gasteiger partial charge on any atom is -0.351 e. The first-order chi connectivity index (χ1) is 14.5. The Balaban J connectivity index is 1.48. The Hall–Kier alpha value is -3.53. The van der Waals surface area contributed by atoms with Crippen LogP contribution in [0.25, 0.3) is 16.8 Å². The zero-order chi connectivity index (χ0) is 21.1. The lowest BCUT2D eigenvalue weighted by Gasteiger charge is -2.06. The maximum Gasteiger partial charge on any atom is 0.350 e. The number of amides is 1. The van der Waals surface area contributed by atoms with Crippen molar-refractivity contribution >= 4 is 23.3 Å². The fourth-order valence-electron chi connectivity index (χ4n) is 2.79. The van der Waals surface area contributed by atoms with E-state index in [0.717, 1.165) is 16.3 Å². The summed E-state index contributed by atoms with van der Waals surface area (Å²) in [7, 11) is 0. The largest absolute Gasteiger partial charge is 0.351 e. The van der Waals surface area contributed by atoms with Gasteiger partial charge in [-0.3, -0.25) is 9.78 Å². The molecule has 30 heavy (non-hydrogen) atoms. The van der Waals surface area contributed by atoms with E-state index in [1.165, 1.54) is 24.4 Å². The van der Waals surface area contributed by atoms with Crippen molar-refractivity contribution in [2.75, 3.05) is 5.75 Å². The summed E-state index contributed by atoms with van der Waals surface area (Å²) in [4.78, 5) is 31.3. The lowest BCUT2D eigenvalue weighted by molar-refractivity contribution is -0.118. The van der Waals surface area contributed by atoms with Crippen LogP contribution in [0, 0.1) is 11.6 Å². The Morgan fingerprint density at radius 2 is 1.90 bits per heavy atom. The van der Waals surface area contributed by atoms with Crippen LogP contribution in [0.1, 0.15) is 5.56 Å². The Morgan fingerprint density at radius 1 is 1.13 bits per heavy atom. The molecular formula is C20H15F2N5O2S. The Morgan fingerprint density at radius 3 is 2.67 bits per heavy atom. The number of fused-ring (bicyclic) bond motifs is 1. The van der Waals surface area contributed by atoms with Gasteiger partial charge in [-0.15, -0.1) is 0 Å². The fraction of sp³-hybridized carbons (Fsp3) is 0.100. The third-order valence-corrected chi connectivity index (χ3v) is 5.16. The number of hydrogen-bond donors (Lipinski definition) is 2. The molecule has 1 amide bonds. The molecule has 7 nitrogen and oxygen atoms in total. The van der Waals surface area contributed by atoms with Crippen molar-refractivity contribution in [3.05, 3.63) is 82.4 Å². The molecule has 2 N–H and O–H groups in total. The molecule has 4 aromatic rings. The van der Waals surface area contributed by atoms with Crippen molar-refractivity contribution in [2.45, 2.75) is 11.7 Å². The summed E-state index contributed by atoms with van der Waals surface area (Å²) in [5.74, 6) is -1.12. The number of nitrogens with one attached hydrogen (secondary N) is 2. The summed E-state index contributed by atoms with van der Waals surface area (Å²) >= 11 is 1.03. The molecular weight excluding hydrogens is 412 g/mol. The van der Waals surface area contributed by atoms with E-state index < -0.39 is 11.5 Å². The predicted octanol–water partition coefficient (Wildman–Crippen LogP) is 2.77. The first-order valence-electron chi connectivity index (χ1n) is 8.88. The molecule has 152 valence electrons. The quantitative estimate of drug-likeness (QED) is 0.462. The maximum absolute atomic E-state index is 13.6. The normalized spacial score (nSPS) is 11.0. The van der Waals surface area contributed by atoms with Gasteiger partial charge < -0.3 is 5.32 Å². The van der Waals surface area contributed by atoms with Gasteiger partial charge in [0.1, 0.15) is 11.6 Å². The van der Waals surface area contributed by atoms with E-state index in [2.05, 4.69) is 20.4 Å². The SMILES string of the molecule is O=C(CSc1nc2c(-c3ccc(F)cc3)cnn2c(=O)[nH]1)NCc1ccccc1F. The smallest absolute Gasteiger partial charge is 0.350 e. The van der Waals surface area contributed by atoms with Crippen molar-refractivity contribution in [2.24, 2.45) is 0 Å². The second-order valence-corrected chi connectivity index (χ2v) is 7.27. The van der Waals surface area contributed by atoms with Gasteiger partial charge in [0, 0.05) is 17.7 Å². The second-order valence-electron chi connectivity index (χ2n) is 6.30. The highest BCUT2D eigenvalue weighted by atomic mass is 32.2. The lowest BCUT2D eigenvalue weighted by Crippen LogP contribution is -2.25. The third-order valence-electron chi connectivity index (χ3n) is 4.29. The van der Waals surface area contributed by atoms with Crippen LogP contribution in [0.2, 0.25) is 0 Å². The average Bonchev–Trinajstić information content (AvgIpc) is 3.17. The number of aromatic amines is 1. The lowest BCUT2D eigenvalue weighted by atomic mass is 10.1. The minimum absolute atomic E-state index is 0.0203. The van der Waals surface area contributed by atoms with Gasteiger partial charge in [-0.2, -0.15) is 9.61 Å². The zero-order valence-corrected chi connectivity index (χ0v) is 16.2. The van der Waals surface area contributed by atoms with Gasteiger partial charge in [0.05, 0.1) is 11.9 Å². The summed E-state index contributed by atoms with van der Waals surface area (Å²) in [6.07, 6.45) is 1.47. The molecule has 2 aromatic heterocycles. The monoisotopic (exact) mass is 427 g/mol. The van der Waals surface area contributed by atoms with Crippen LogP contribution >= 0.6 is 11.8 Å². The summed E-state index contributed by atoms with van der Waals surface area (Å²) in [6, 6.07) is 11.9. The van der Waals surface area contributed by atoms with E-state index >= 15 is 0 Å². The van der Waals surface area contributed by atoms with Crippen LogP contribution in [0.5, 0.6) is 0 Å². The Labute approximate surface area is 173 Å². The topological polar surface area (TPSA) is 92.2 Å². The van der Waals surface area contributed by atoms with Gasteiger partial charge in [0.2, 0.25) is 5.91 Å². The number of aromatic nitrogens is 4. The highest BCUT2D eigenvalue weighted by Crippen LogP contribution is 2.24. The third kappa shape index (κ3) is 4.23. The summed E-state index contributed by atoms with van der Waals surface area (Å²) in [6.45, 7) is 0.0619. The summed E-state index contributed by atoms with van der Waals surface area (Å²) in [5, 5.41) is 6.88. The molecule has 0 unspecified atom stereocenters. The number of benzene rings is 2. The van der Waals surface area contributed by atoms with Crippen LogP contribution in [-0.4, -0.2) is 31.2 Å². The van der Waals surface area contributed by atoms with E-state index in [9.17, 15) is 18.4 Å². The molecule has 2 heterocycles. The van der Waals surface area contributed by atoms with E-state index in [1.807, 2.05) is 0 Å². The van der Waals surface area contributed by atoms with Crippen LogP contribution < -0.4 is 11.0 Å². The predicted molar refractivity (Wildman–Crippen MR) is 108 cm³/mol. The van der Waals surface area contributed by atoms with Crippen molar-refractivity contribution < 1.29 is 13.6 Å². The number of rotatable bonds is 6. The van der Waals surface area contributed by atoms with E-state index in [1.54, 1.807) is 30.3 Å². The molecule has 0 bridgehead atoms. The molecule has 0 atom stereocenters. The number of carbonyl (C=O) groups excluding carboxylic acids is 1. The number of thioether (sulfide) groups is 1. The second kappa shape index (κ2) is 8.46. The molecule has 0 aliphatic heterocycles. The fourth-order valence-corrected chi connectivity index (χ4v) is 3.47. The van der Waals surface area contributed by atoms with Crippen molar-refractivity contribution in [1.82, 2.24) is 24.9 Å². The minimum atomic E-state index is -0.511. The highest BCUT2D eigenvalue weighted by molar-refractivity contribution is 7.99. The maximum atomic E-state index is 13.6. The van der Waals surface area contributed by atoms with Crippen LogP contribution in [0.3, 0.4) is 0 Å². The van der Waals surface area contributed by atoms with Gasteiger partial charge in [-0.05, 0) is 23.8 Å². The number of hydrogen-bond acceptors (Lipinski definition) is 5. The van der Waals surface area contributed by atoms with E-state index in [0.29, 0.717) is 22.3 Å². The van der Waals surface area contributed by atoms with E-state index in [-0.39, 0.29) is 29.2 Å². The molecule has 0 aliphatic rings. The Bertz CT molecular complexity index is 1270. The highest BCUT2D eigenvalue weighted by Gasteiger charge is 2.13. The van der Waals surface area contributed by atoms with E-state index in [4.69, 9.17) is 0 Å². The molecule has 0 spiro atoms. The number of nitrogens with zero attached hydrogens (tertiary/aromatic N) is 3. The average molecular weight is 427 g/mol. The zero-order valence-electron chi connectivity index (χ0n) is 15.4. The first-order valence-corrected chi connectivity index (χ1v) is 9.87. The van der Waals surface area contributed by atoms with Crippen molar-refractivity contribution in [3.8, 4) is 11.1 Å². The molecule has 10 heteroatoms. The summed E-state index contributed by atoms with van der Waals surface area (Å²) < 4.78 is 27.9. The molecule has 2 aromatic carbocycles. The molecule has 0 fully saturated rings. The number of H-pyrrole nitrogens is 1. The van der Waals surface area contributed by atoms with Crippen LogP contribution in [-0.2, 0) is 11.3 Å². The molecule has 0 saturated heterocycles. The van der Waals surface area contributed by atoms with Gasteiger partial charge in [0.25, 0.3) is 0 Å². The molecule has 0 aliphatic carbocycles. The Kier molecular flexibility index (Phi) is 5.57. The molecule has 4 rings (SSSR count). The van der Waals surface area contributed by atoms with Crippen LogP contribution in [0.15, 0.2) is 64.7 Å². The number of halogens is 2. The van der Waals surface area contributed by atoms with Gasteiger partial charge in [0.15, 0.2) is 10.8 Å². The van der Waals surface area contributed by atoms with Gasteiger partial charge >= 0.3 is 5.69 Å². The molecule has 0 radical (unpaired) electrons. The first kappa shape index (κ1) is 19.8. The molecule has 0 saturated carbocycles. The van der Waals surface area contributed by atoms with Gasteiger partial charge in [-0.1, -0.05) is 42.1 Å². The summed E-state index contributed by atoms with van der Waals surface area (Å²) in [5.41, 5.74) is 1.38. The van der Waals surface area contributed by atoms with Crippen molar-refractivity contribution in [3.63, 3.8) is 0 Å².